The molecule has 3 aromatic rings. The van der Waals surface area contributed by atoms with Crippen LogP contribution < -0.4 is 20.8 Å². The van der Waals surface area contributed by atoms with E-state index in [0.29, 0.717) is 0 Å². The number of halogens is 5. The van der Waals surface area contributed by atoms with Gasteiger partial charge in [-0.1, -0.05) is 23.7 Å². The molecule has 3 N–H and O–H groups in total. The van der Waals surface area contributed by atoms with Crippen molar-refractivity contribution in [1.82, 2.24) is 15.7 Å². The molecule has 1 heterocycles. The van der Waals surface area contributed by atoms with E-state index in [1.807, 2.05) is 0 Å². The fourth-order valence-electron chi connectivity index (χ4n) is 2.71. The molecule has 0 atom stereocenters. The smallest absolute Gasteiger partial charge is 0.406 e. The highest BCUT2D eigenvalue weighted by atomic mass is 35.5. The highest BCUT2D eigenvalue weighted by Gasteiger charge is 2.31. The zero-order chi connectivity index (χ0) is 25.4. The zero-order valence-corrected chi connectivity index (χ0v) is 18.3. The number of anilines is 1. The molecule has 0 spiro atoms. The molecular weight excluding hydrogens is 494 g/mol. The summed E-state index contributed by atoms with van der Waals surface area (Å²) in [5, 5.41) is 8.85. The minimum absolute atomic E-state index is 0.0154. The van der Waals surface area contributed by atoms with Gasteiger partial charge < -0.3 is 15.4 Å². The maximum atomic E-state index is 13.7. The number of amides is 3. The molecule has 0 unspecified atom stereocenters. The first-order chi connectivity index (χ1) is 16.6. The number of benzene rings is 2. The Balaban J connectivity index is 1.69. The van der Waals surface area contributed by atoms with Crippen molar-refractivity contribution in [3.8, 4) is 5.75 Å². The minimum atomic E-state index is -4.84. The first-order valence-corrected chi connectivity index (χ1v) is 10.1. The van der Waals surface area contributed by atoms with Crippen molar-refractivity contribution in [2.75, 3.05) is 11.9 Å². The van der Waals surface area contributed by atoms with Crippen molar-refractivity contribution in [2.45, 2.75) is 6.36 Å². The van der Waals surface area contributed by atoms with Gasteiger partial charge in [-0.3, -0.25) is 4.79 Å². The van der Waals surface area contributed by atoms with Crippen LogP contribution in [0.1, 0.15) is 15.9 Å². The number of hydrogen-bond donors (Lipinski definition) is 3. The molecular formula is C22H16ClF4N5O3. The second kappa shape index (κ2) is 11.3. The van der Waals surface area contributed by atoms with Crippen LogP contribution in [0.15, 0.2) is 72.0 Å². The van der Waals surface area contributed by atoms with Gasteiger partial charge >= 0.3 is 12.4 Å². The van der Waals surface area contributed by atoms with E-state index < -0.39 is 29.9 Å². The highest BCUT2D eigenvalue weighted by Crippen LogP contribution is 2.23. The third-order valence-corrected chi connectivity index (χ3v) is 4.52. The van der Waals surface area contributed by atoms with E-state index in [0.717, 1.165) is 18.2 Å². The third kappa shape index (κ3) is 7.96. The number of rotatable bonds is 7. The lowest BCUT2D eigenvalue weighted by atomic mass is 10.1. The van der Waals surface area contributed by atoms with Crippen LogP contribution in [0.25, 0.3) is 0 Å². The van der Waals surface area contributed by atoms with Crippen LogP contribution in [0.5, 0.6) is 5.75 Å². The average Bonchev–Trinajstić information content (AvgIpc) is 2.79. The van der Waals surface area contributed by atoms with Gasteiger partial charge in [0.15, 0.2) is 0 Å². The number of pyridine rings is 1. The second-order valence-corrected chi connectivity index (χ2v) is 7.09. The summed E-state index contributed by atoms with van der Waals surface area (Å²) >= 11 is 5.91. The van der Waals surface area contributed by atoms with E-state index in [9.17, 15) is 27.2 Å². The minimum Gasteiger partial charge on any atom is -0.406 e. The second-order valence-electron chi connectivity index (χ2n) is 6.73. The summed E-state index contributed by atoms with van der Waals surface area (Å²) in [4.78, 5) is 28.4. The van der Waals surface area contributed by atoms with Gasteiger partial charge in [-0.25, -0.2) is 19.6 Å². The molecule has 182 valence electrons. The van der Waals surface area contributed by atoms with Crippen LogP contribution in [0.2, 0.25) is 5.15 Å². The Morgan fingerprint density at radius 3 is 2.46 bits per heavy atom. The topological polar surface area (TPSA) is 105 Å². The van der Waals surface area contributed by atoms with Gasteiger partial charge in [0.1, 0.15) is 16.7 Å². The number of carbonyl (C=O) groups excluding carboxylic acids is 2. The summed E-state index contributed by atoms with van der Waals surface area (Å²) < 4.78 is 54.2. The summed E-state index contributed by atoms with van der Waals surface area (Å²) in [6, 6.07) is 11.9. The highest BCUT2D eigenvalue weighted by molar-refractivity contribution is 6.32. The summed E-state index contributed by atoms with van der Waals surface area (Å²) in [5.74, 6) is -1.60. The Kier molecular flexibility index (Phi) is 8.21. The number of hydrogen-bond acceptors (Lipinski definition) is 5. The molecule has 0 aliphatic rings. The zero-order valence-electron chi connectivity index (χ0n) is 17.6. The fourth-order valence-corrected chi connectivity index (χ4v) is 2.91. The first kappa shape index (κ1) is 25.4. The van der Waals surface area contributed by atoms with E-state index in [4.69, 9.17) is 11.6 Å². The lowest BCUT2D eigenvalue weighted by Gasteiger charge is -2.11. The van der Waals surface area contributed by atoms with Crippen molar-refractivity contribution < 1.29 is 31.9 Å². The van der Waals surface area contributed by atoms with E-state index >= 15 is 0 Å². The quantitative estimate of drug-likeness (QED) is 0.185. The Hall–Kier alpha value is -4.19. The number of urea groups is 1. The SMILES string of the molecule is O=C(N/N=C(/CNC(=O)c1cccnc1Cl)c1cccc(F)c1)Nc1ccc(OC(F)(F)F)cc1. The summed E-state index contributed by atoms with van der Waals surface area (Å²) in [7, 11) is 0. The lowest BCUT2D eigenvalue weighted by Crippen LogP contribution is -2.33. The van der Waals surface area contributed by atoms with Gasteiger partial charge in [0, 0.05) is 17.4 Å². The number of ether oxygens (including phenoxy) is 1. The molecule has 8 nitrogen and oxygen atoms in total. The molecule has 0 saturated heterocycles. The van der Waals surface area contributed by atoms with Crippen LogP contribution >= 0.6 is 11.6 Å². The normalized spacial score (nSPS) is 11.5. The van der Waals surface area contributed by atoms with Crippen LogP contribution in [0.3, 0.4) is 0 Å². The molecule has 0 fully saturated rings. The maximum Gasteiger partial charge on any atom is 0.573 e. The van der Waals surface area contributed by atoms with Gasteiger partial charge in [0.05, 0.1) is 17.8 Å². The van der Waals surface area contributed by atoms with Crippen LogP contribution in [-0.4, -0.2) is 35.5 Å². The number of hydrazone groups is 1. The molecule has 0 aliphatic carbocycles. The summed E-state index contributed by atoms with van der Waals surface area (Å²) in [6.45, 7) is -0.211. The molecule has 0 saturated carbocycles. The van der Waals surface area contributed by atoms with E-state index in [1.165, 1.54) is 48.7 Å². The average molecular weight is 510 g/mol. The predicted molar refractivity (Wildman–Crippen MR) is 120 cm³/mol. The molecule has 3 rings (SSSR count). The summed E-state index contributed by atoms with van der Waals surface area (Å²) in [5.41, 5.74) is 2.82. The van der Waals surface area contributed by atoms with Crippen molar-refractivity contribution in [3.63, 3.8) is 0 Å². The van der Waals surface area contributed by atoms with Crippen LogP contribution in [0, 0.1) is 5.82 Å². The molecule has 2 aromatic carbocycles. The van der Waals surface area contributed by atoms with Gasteiger partial charge in [-0.2, -0.15) is 5.10 Å². The fraction of sp³-hybridized carbons (Fsp3) is 0.0909. The van der Waals surface area contributed by atoms with Crippen LogP contribution in [0.4, 0.5) is 28.0 Å². The maximum absolute atomic E-state index is 13.7. The van der Waals surface area contributed by atoms with Gasteiger partial charge in [-0.15, -0.1) is 13.2 Å². The van der Waals surface area contributed by atoms with E-state index in [-0.39, 0.29) is 34.2 Å². The molecule has 3 amide bonds. The van der Waals surface area contributed by atoms with Gasteiger partial charge in [0.25, 0.3) is 5.91 Å². The summed E-state index contributed by atoms with van der Waals surface area (Å²) in [6.07, 6.45) is -3.43. The number of aromatic nitrogens is 1. The Morgan fingerprint density at radius 2 is 1.80 bits per heavy atom. The van der Waals surface area contributed by atoms with Crippen molar-refractivity contribution in [2.24, 2.45) is 5.10 Å². The van der Waals surface area contributed by atoms with Gasteiger partial charge in [0.2, 0.25) is 0 Å². The molecule has 1 aromatic heterocycles. The van der Waals surface area contributed by atoms with Crippen molar-refractivity contribution >= 4 is 34.9 Å². The van der Waals surface area contributed by atoms with E-state index in [2.05, 4.69) is 30.9 Å². The Bertz CT molecular complexity index is 1240. The Morgan fingerprint density at radius 1 is 1.06 bits per heavy atom. The van der Waals surface area contributed by atoms with Crippen molar-refractivity contribution in [3.05, 3.63) is 89.0 Å². The number of nitrogens with one attached hydrogen (secondary N) is 3. The molecule has 0 radical (unpaired) electrons. The van der Waals surface area contributed by atoms with Gasteiger partial charge in [-0.05, 0) is 48.5 Å². The first-order valence-electron chi connectivity index (χ1n) is 9.75. The largest absolute Gasteiger partial charge is 0.573 e. The van der Waals surface area contributed by atoms with Crippen molar-refractivity contribution in [1.29, 1.82) is 0 Å². The predicted octanol–water partition coefficient (Wildman–Crippen LogP) is 4.73. The molecule has 0 bridgehead atoms. The number of carbonyl (C=O) groups is 2. The molecule has 13 heteroatoms. The lowest BCUT2D eigenvalue weighted by molar-refractivity contribution is -0.274. The molecule has 0 aliphatic heterocycles. The standard InChI is InChI=1S/C22H16ClF4N5O3/c23-19-17(5-2-10-28-19)20(33)29-12-18(13-3-1-4-14(24)11-13)31-32-21(34)30-15-6-8-16(9-7-15)35-22(25,26)27/h1-11H,12H2,(H,29,33)(H2,30,32,34)/b31-18-. The number of alkyl halides is 3. The number of nitrogens with zero attached hydrogens (tertiary/aromatic N) is 2. The monoisotopic (exact) mass is 509 g/mol. The van der Waals surface area contributed by atoms with Crippen LogP contribution in [-0.2, 0) is 0 Å². The van der Waals surface area contributed by atoms with E-state index in [1.54, 1.807) is 0 Å². The Labute approximate surface area is 201 Å². The molecule has 35 heavy (non-hydrogen) atoms. The third-order valence-electron chi connectivity index (χ3n) is 4.22.